The van der Waals surface area contributed by atoms with Crippen LogP contribution in [-0.2, 0) is 0 Å². The quantitative estimate of drug-likeness (QED) is 0.616. The fourth-order valence-corrected chi connectivity index (χ4v) is 1.62. The van der Waals surface area contributed by atoms with E-state index in [1.54, 1.807) is 0 Å². The molecule has 0 amide bonds. The molecule has 0 aliphatic rings. The van der Waals surface area contributed by atoms with Crippen molar-refractivity contribution in [2.45, 2.75) is 39.5 Å². The van der Waals surface area contributed by atoms with Crippen LogP contribution in [0.25, 0.3) is 0 Å². The van der Waals surface area contributed by atoms with Crippen LogP contribution in [0.5, 0.6) is 5.75 Å². The lowest BCUT2D eigenvalue weighted by Gasteiger charge is -2.08. The van der Waals surface area contributed by atoms with Crippen LogP contribution in [0.4, 0.5) is 0 Å². The maximum Gasteiger partial charge on any atom is 0.134 e. The fraction of sp³-hybridized carbons (Fsp3) is 0.500. The summed E-state index contributed by atoms with van der Waals surface area (Å²) in [6.45, 7) is 5.06. The predicted octanol–water partition coefficient (Wildman–Crippen LogP) is 3.30. The number of unbranched alkanes of at least 4 members (excludes halogenated alkanes) is 2. The Morgan fingerprint density at radius 3 is 2.83 bits per heavy atom. The van der Waals surface area contributed by atoms with Crippen molar-refractivity contribution < 1.29 is 9.84 Å². The van der Waals surface area contributed by atoms with E-state index >= 15 is 0 Å². The summed E-state index contributed by atoms with van der Waals surface area (Å²) in [6.07, 6.45) is 3.97. The Morgan fingerprint density at radius 1 is 1.28 bits per heavy atom. The highest BCUT2D eigenvalue weighted by atomic mass is 16.5. The van der Waals surface area contributed by atoms with Gasteiger partial charge in [-0.3, -0.25) is 0 Å². The zero-order valence-electron chi connectivity index (χ0n) is 11.3. The first-order valence-corrected chi connectivity index (χ1v) is 6.61. The first-order chi connectivity index (χ1) is 8.77. The predicted molar refractivity (Wildman–Crippen MR) is 74.8 cm³/mol. The van der Waals surface area contributed by atoms with Crippen LogP contribution in [0.1, 0.15) is 43.7 Å². The van der Waals surface area contributed by atoms with E-state index in [1.807, 2.05) is 25.1 Å². The monoisotopic (exact) mass is 246 g/mol. The first-order valence-electron chi connectivity index (χ1n) is 6.61. The van der Waals surface area contributed by atoms with Crippen LogP contribution in [0.3, 0.4) is 0 Å². The van der Waals surface area contributed by atoms with Gasteiger partial charge in [-0.15, -0.1) is 0 Å². The standard InChI is InChI=1S/C16H22O2/c1-3-4-7-12-18-16-10-9-14(2)13-15(16)8-5-6-11-17/h9-10,13,17H,3-4,6-7,11-12H2,1-2H3. The SMILES string of the molecule is CCCCCOc1ccc(C)cc1C#CCCO. The molecule has 1 rings (SSSR count). The van der Waals surface area contributed by atoms with Crippen molar-refractivity contribution in [1.82, 2.24) is 0 Å². The third-order valence-corrected chi connectivity index (χ3v) is 2.60. The molecule has 2 nitrogen and oxygen atoms in total. The molecule has 1 N–H and O–H groups in total. The summed E-state index contributed by atoms with van der Waals surface area (Å²) in [7, 11) is 0. The zero-order valence-corrected chi connectivity index (χ0v) is 11.3. The minimum atomic E-state index is 0.103. The van der Waals surface area contributed by atoms with Crippen molar-refractivity contribution in [1.29, 1.82) is 0 Å². The van der Waals surface area contributed by atoms with Gasteiger partial charge in [0.05, 0.1) is 18.8 Å². The molecule has 0 unspecified atom stereocenters. The van der Waals surface area contributed by atoms with Gasteiger partial charge in [-0.05, 0) is 31.0 Å². The van der Waals surface area contributed by atoms with Crippen molar-refractivity contribution >= 4 is 0 Å². The number of hydrogen-bond acceptors (Lipinski definition) is 2. The number of aliphatic hydroxyl groups is 1. The second-order valence-corrected chi connectivity index (χ2v) is 4.33. The van der Waals surface area contributed by atoms with E-state index < -0.39 is 0 Å². The van der Waals surface area contributed by atoms with Crippen LogP contribution in [0, 0.1) is 18.8 Å². The number of rotatable bonds is 6. The van der Waals surface area contributed by atoms with E-state index in [-0.39, 0.29) is 6.61 Å². The second-order valence-electron chi connectivity index (χ2n) is 4.33. The maximum absolute atomic E-state index is 8.73. The minimum absolute atomic E-state index is 0.103. The Labute approximate surface area is 110 Å². The van der Waals surface area contributed by atoms with Gasteiger partial charge in [0.15, 0.2) is 0 Å². The summed E-state index contributed by atoms with van der Waals surface area (Å²) in [4.78, 5) is 0. The number of benzene rings is 1. The van der Waals surface area contributed by atoms with Crippen LogP contribution in [0.15, 0.2) is 18.2 Å². The Kier molecular flexibility index (Phi) is 6.98. The van der Waals surface area contributed by atoms with Crippen molar-refractivity contribution in [3.05, 3.63) is 29.3 Å². The largest absolute Gasteiger partial charge is 0.492 e. The summed E-state index contributed by atoms with van der Waals surface area (Å²) >= 11 is 0. The summed E-state index contributed by atoms with van der Waals surface area (Å²) in [6, 6.07) is 6.04. The molecule has 2 heteroatoms. The van der Waals surface area contributed by atoms with Gasteiger partial charge in [0.2, 0.25) is 0 Å². The van der Waals surface area contributed by atoms with E-state index in [9.17, 15) is 0 Å². The average Bonchev–Trinajstić information content (AvgIpc) is 2.37. The summed E-state index contributed by atoms with van der Waals surface area (Å²) in [5.74, 6) is 6.85. The van der Waals surface area contributed by atoms with Gasteiger partial charge in [0.1, 0.15) is 5.75 Å². The molecule has 98 valence electrons. The summed E-state index contributed by atoms with van der Waals surface area (Å²) < 4.78 is 5.76. The van der Waals surface area contributed by atoms with Gasteiger partial charge >= 0.3 is 0 Å². The lowest BCUT2D eigenvalue weighted by molar-refractivity contribution is 0.304. The highest BCUT2D eigenvalue weighted by Crippen LogP contribution is 2.19. The summed E-state index contributed by atoms with van der Waals surface area (Å²) in [5, 5.41) is 8.73. The number of aryl methyl sites for hydroxylation is 1. The van der Waals surface area contributed by atoms with Crippen molar-refractivity contribution in [2.75, 3.05) is 13.2 Å². The van der Waals surface area contributed by atoms with Gasteiger partial charge in [0.25, 0.3) is 0 Å². The molecule has 0 radical (unpaired) electrons. The van der Waals surface area contributed by atoms with Gasteiger partial charge < -0.3 is 9.84 Å². The Hall–Kier alpha value is -1.46. The lowest BCUT2D eigenvalue weighted by Crippen LogP contribution is -1.99. The molecule has 0 atom stereocenters. The molecule has 0 aliphatic carbocycles. The molecule has 0 spiro atoms. The van der Waals surface area contributed by atoms with Crippen LogP contribution in [-0.4, -0.2) is 18.3 Å². The van der Waals surface area contributed by atoms with E-state index in [0.717, 1.165) is 24.3 Å². The van der Waals surface area contributed by atoms with Crippen molar-refractivity contribution in [3.8, 4) is 17.6 Å². The molecule has 0 heterocycles. The molecule has 0 saturated carbocycles. The van der Waals surface area contributed by atoms with E-state index in [1.165, 1.54) is 18.4 Å². The van der Waals surface area contributed by atoms with E-state index in [2.05, 4.69) is 18.8 Å². The van der Waals surface area contributed by atoms with Crippen LogP contribution in [0.2, 0.25) is 0 Å². The van der Waals surface area contributed by atoms with Gasteiger partial charge in [0, 0.05) is 6.42 Å². The average molecular weight is 246 g/mol. The second kappa shape index (κ2) is 8.60. The minimum Gasteiger partial charge on any atom is -0.492 e. The third-order valence-electron chi connectivity index (χ3n) is 2.60. The van der Waals surface area contributed by atoms with E-state index in [0.29, 0.717) is 6.42 Å². The van der Waals surface area contributed by atoms with Gasteiger partial charge in [-0.1, -0.05) is 37.7 Å². The molecule has 0 bridgehead atoms. The Morgan fingerprint density at radius 2 is 2.11 bits per heavy atom. The molecule has 0 fully saturated rings. The highest BCUT2D eigenvalue weighted by Gasteiger charge is 2.01. The van der Waals surface area contributed by atoms with E-state index in [4.69, 9.17) is 9.84 Å². The Bertz CT molecular complexity index is 413. The third kappa shape index (κ3) is 5.25. The van der Waals surface area contributed by atoms with Crippen molar-refractivity contribution in [2.24, 2.45) is 0 Å². The highest BCUT2D eigenvalue weighted by molar-refractivity contribution is 5.48. The normalized spacial score (nSPS) is 9.72. The topological polar surface area (TPSA) is 29.5 Å². The van der Waals surface area contributed by atoms with Crippen LogP contribution >= 0.6 is 0 Å². The number of hydrogen-bond donors (Lipinski definition) is 1. The molecule has 0 saturated heterocycles. The maximum atomic E-state index is 8.73. The first kappa shape index (κ1) is 14.6. The smallest absolute Gasteiger partial charge is 0.134 e. The van der Waals surface area contributed by atoms with Gasteiger partial charge in [-0.25, -0.2) is 0 Å². The number of ether oxygens (including phenoxy) is 1. The number of aliphatic hydroxyl groups excluding tert-OH is 1. The van der Waals surface area contributed by atoms with Crippen LogP contribution < -0.4 is 4.74 Å². The zero-order chi connectivity index (χ0) is 13.2. The van der Waals surface area contributed by atoms with Gasteiger partial charge in [-0.2, -0.15) is 0 Å². The molecule has 1 aromatic carbocycles. The molecule has 1 aromatic rings. The Balaban J connectivity index is 2.68. The molecule has 0 aliphatic heterocycles. The molecule has 18 heavy (non-hydrogen) atoms. The lowest BCUT2D eigenvalue weighted by atomic mass is 10.1. The van der Waals surface area contributed by atoms with Crippen molar-refractivity contribution in [3.63, 3.8) is 0 Å². The molecular formula is C16H22O2. The summed E-state index contributed by atoms with van der Waals surface area (Å²) in [5.41, 5.74) is 2.09. The fourth-order valence-electron chi connectivity index (χ4n) is 1.62. The molecular weight excluding hydrogens is 224 g/mol. The molecule has 0 aromatic heterocycles.